The van der Waals surface area contributed by atoms with Crippen molar-refractivity contribution in [2.45, 2.75) is 25.3 Å². The summed E-state index contributed by atoms with van der Waals surface area (Å²) in [6.07, 6.45) is 3.00. The molecule has 1 aliphatic rings. The second-order valence-corrected chi connectivity index (χ2v) is 4.72. The first kappa shape index (κ1) is 14.7. The van der Waals surface area contributed by atoms with Crippen LogP contribution < -0.4 is 15.4 Å². The molecule has 0 bridgehead atoms. The Morgan fingerprint density at radius 3 is 2.90 bits per heavy atom. The smallest absolute Gasteiger partial charge is 0.237 e. The molecule has 6 heteroatoms. The van der Waals surface area contributed by atoms with E-state index in [1.54, 1.807) is 0 Å². The highest BCUT2D eigenvalue weighted by Gasteiger charge is 2.19. The fourth-order valence-electron chi connectivity index (χ4n) is 2.11. The summed E-state index contributed by atoms with van der Waals surface area (Å²) >= 11 is 0. The molecule has 0 spiro atoms. The van der Waals surface area contributed by atoms with E-state index in [0.29, 0.717) is 6.54 Å². The van der Waals surface area contributed by atoms with Gasteiger partial charge in [-0.25, -0.2) is 8.78 Å². The number of carbonyl (C=O) groups excluding carboxylic acids is 1. The molecule has 2 rings (SSSR count). The second kappa shape index (κ2) is 7.19. The van der Waals surface area contributed by atoms with Crippen LogP contribution in [0.1, 0.15) is 19.3 Å². The fourth-order valence-corrected chi connectivity index (χ4v) is 2.11. The first-order valence-electron chi connectivity index (χ1n) is 6.76. The Kier molecular flexibility index (Phi) is 5.29. The van der Waals surface area contributed by atoms with Crippen molar-refractivity contribution in [3.05, 3.63) is 29.8 Å². The van der Waals surface area contributed by atoms with Crippen LogP contribution in [-0.2, 0) is 4.79 Å². The summed E-state index contributed by atoms with van der Waals surface area (Å²) in [5, 5.41) is 5.90. The molecule has 0 aliphatic carbocycles. The van der Waals surface area contributed by atoms with E-state index in [1.165, 1.54) is 6.07 Å². The third kappa shape index (κ3) is 4.16. The molecule has 1 unspecified atom stereocenters. The molecule has 0 radical (unpaired) electrons. The third-order valence-electron chi connectivity index (χ3n) is 3.19. The number of nitrogens with one attached hydrogen (secondary N) is 2. The Bertz CT molecular complexity index is 462. The molecule has 1 fully saturated rings. The van der Waals surface area contributed by atoms with Gasteiger partial charge in [-0.15, -0.1) is 0 Å². The third-order valence-corrected chi connectivity index (χ3v) is 3.19. The van der Waals surface area contributed by atoms with Crippen LogP contribution in [0.3, 0.4) is 0 Å². The molecule has 20 heavy (non-hydrogen) atoms. The number of carbonyl (C=O) groups is 1. The summed E-state index contributed by atoms with van der Waals surface area (Å²) in [4.78, 5) is 11.8. The van der Waals surface area contributed by atoms with E-state index >= 15 is 0 Å². The van der Waals surface area contributed by atoms with Crippen molar-refractivity contribution in [3.8, 4) is 5.75 Å². The first-order valence-corrected chi connectivity index (χ1v) is 6.76. The van der Waals surface area contributed by atoms with E-state index < -0.39 is 11.6 Å². The molecule has 1 atom stereocenters. The molecular weight excluding hydrogens is 266 g/mol. The normalized spacial score (nSPS) is 18.6. The number of hydrogen-bond donors (Lipinski definition) is 2. The van der Waals surface area contributed by atoms with Gasteiger partial charge in [0.15, 0.2) is 11.6 Å². The number of hydrogen-bond acceptors (Lipinski definition) is 3. The highest BCUT2D eigenvalue weighted by Crippen LogP contribution is 2.15. The van der Waals surface area contributed by atoms with Crippen molar-refractivity contribution >= 4 is 5.91 Å². The van der Waals surface area contributed by atoms with Crippen molar-refractivity contribution in [2.24, 2.45) is 0 Å². The van der Waals surface area contributed by atoms with Crippen LogP contribution in [0.25, 0.3) is 0 Å². The number of amides is 1. The predicted octanol–water partition coefficient (Wildman–Crippen LogP) is 1.60. The lowest BCUT2D eigenvalue weighted by molar-refractivity contribution is -0.123. The Hall–Kier alpha value is -1.69. The Labute approximate surface area is 116 Å². The molecule has 1 heterocycles. The van der Waals surface area contributed by atoms with Crippen molar-refractivity contribution in [3.63, 3.8) is 0 Å². The number of ether oxygens (including phenoxy) is 1. The van der Waals surface area contributed by atoms with E-state index in [2.05, 4.69) is 10.6 Å². The van der Waals surface area contributed by atoms with Crippen LogP contribution >= 0.6 is 0 Å². The molecule has 110 valence electrons. The average Bonchev–Trinajstić information content (AvgIpc) is 2.48. The Morgan fingerprint density at radius 1 is 1.35 bits per heavy atom. The van der Waals surface area contributed by atoms with E-state index in [1.807, 2.05) is 0 Å². The van der Waals surface area contributed by atoms with Gasteiger partial charge in [-0.2, -0.15) is 0 Å². The lowest BCUT2D eigenvalue weighted by Gasteiger charge is -2.22. The largest absolute Gasteiger partial charge is 0.492 e. The molecule has 0 aromatic heterocycles. The van der Waals surface area contributed by atoms with Gasteiger partial charge in [-0.05, 0) is 31.5 Å². The van der Waals surface area contributed by atoms with Crippen LogP contribution in [0.2, 0.25) is 0 Å². The van der Waals surface area contributed by atoms with Gasteiger partial charge < -0.3 is 15.4 Å². The summed E-state index contributed by atoms with van der Waals surface area (Å²) in [5.74, 6) is -1.65. The molecule has 1 saturated heterocycles. The first-order chi connectivity index (χ1) is 9.66. The molecule has 1 aromatic carbocycles. The van der Waals surface area contributed by atoms with Gasteiger partial charge in [0, 0.05) is 6.07 Å². The topological polar surface area (TPSA) is 50.4 Å². The standard InChI is InChI=1S/C14H18F2N2O2/c15-11-5-4-10(9-12(11)16)20-8-7-18-14(19)13-3-1-2-6-17-13/h4-5,9,13,17H,1-3,6-8H2,(H,18,19). The van der Waals surface area contributed by atoms with E-state index in [0.717, 1.165) is 37.9 Å². The zero-order valence-corrected chi connectivity index (χ0v) is 11.1. The summed E-state index contributed by atoms with van der Waals surface area (Å²) in [6, 6.07) is 3.21. The summed E-state index contributed by atoms with van der Waals surface area (Å²) < 4.78 is 30.9. The predicted molar refractivity (Wildman–Crippen MR) is 70.5 cm³/mol. The van der Waals surface area contributed by atoms with Crippen molar-refractivity contribution in [2.75, 3.05) is 19.7 Å². The summed E-state index contributed by atoms with van der Waals surface area (Å²) in [5.41, 5.74) is 0. The van der Waals surface area contributed by atoms with Gasteiger partial charge in [0.05, 0.1) is 12.6 Å². The summed E-state index contributed by atoms with van der Waals surface area (Å²) in [6.45, 7) is 1.41. The number of halogens is 2. The SMILES string of the molecule is O=C(NCCOc1ccc(F)c(F)c1)C1CCCCN1. The van der Waals surface area contributed by atoms with Gasteiger partial charge in [0.25, 0.3) is 0 Å². The molecule has 2 N–H and O–H groups in total. The van der Waals surface area contributed by atoms with Gasteiger partial charge in [-0.1, -0.05) is 6.42 Å². The van der Waals surface area contributed by atoms with E-state index in [4.69, 9.17) is 4.74 Å². The quantitative estimate of drug-likeness (QED) is 0.808. The van der Waals surface area contributed by atoms with Gasteiger partial charge >= 0.3 is 0 Å². The maximum atomic E-state index is 12.9. The molecule has 4 nitrogen and oxygen atoms in total. The lowest BCUT2D eigenvalue weighted by atomic mass is 10.0. The Balaban J connectivity index is 1.68. The van der Waals surface area contributed by atoms with Crippen LogP contribution in [0.4, 0.5) is 8.78 Å². The number of benzene rings is 1. The highest BCUT2D eigenvalue weighted by atomic mass is 19.2. The number of piperidine rings is 1. The van der Waals surface area contributed by atoms with Crippen LogP contribution in [-0.4, -0.2) is 31.6 Å². The van der Waals surface area contributed by atoms with Crippen molar-refractivity contribution in [1.29, 1.82) is 0 Å². The fraction of sp³-hybridized carbons (Fsp3) is 0.500. The maximum absolute atomic E-state index is 12.9. The van der Waals surface area contributed by atoms with Gasteiger partial charge in [0.2, 0.25) is 5.91 Å². The minimum atomic E-state index is -0.946. The van der Waals surface area contributed by atoms with E-state index in [-0.39, 0.29) is 24.3 Å². The zero-order valence-electron chi connectivity index (χ0n) is 11.1. The summed E-state index contributed by atoms with van der Waals surface area (Å²) in [7, 11) is 0. The molecule has 1 aliphatic heterocycles. The molecule has 1 amide bonds. The lowest BCUT2D eigenvalue weighted by Crippen LogP contribution is -2.47. The van der Waals surface area contributed by atoms with Crippen LogP contribution in [0.15, 0.2) is 18.2 Å². The van der Waals surface area contributed by atoms with Gasteiger partial charge in [-0.3, -0.25) is 4.79 Å². The monoisotopic (exact) mass is 284 g/mol. The van der Waals surface area contributed by atoms with Gasteiger partial charge in [0.1, 0.15) is 12.4 Å². The average molecular weight is 284 g/mol. The second-order valence-electron chi connectivity index (χ2n) is 4.72. The van der Waals surface area contributed by atoms with Crippen LogP contribution in [0.5, 0.6) is 5.75 Å². The minimum absolute atomic E-state index is 0.0430. The molecule has 0 saturated carbocycles. The van der Waals surface area contributed by atoms with Crippen molar-refractivity contribution < 1.29 is 18.3 Å². The number of rotatable bonds is 5. The van der Waals surface area contributed by atoms with Crippen molar-refractivity contribution in [1.82, 2.24) is 10.6 Å². The molecular formula is C14H18F2N2O2. The Morgan fingerprint density at radius 2 is 2.20 bits per heavy atom. The maximum Gasteiger partial charge on any atom is 0.237 e. The zero-order chi connectivity index (χ0) is 14.4. The highest BCUT2D eigenvalue weighted by molar-refractivity contribution is 5.81. The minimum Gasteiger partial charge on any atom is -0.492 e. The molecule has 1 aromatic rings. The van der Waals surface area contributed by atoms with E-state index in [9.17, 15) is 13.6 Å². The van der Waals surface area contributed by atoms with Crippen LogP contribution in [0, 0.1) is 11.6 Å².